The van der Waals surface area contributed by atoms with Gasteiger partial charge in [0.15, 0.2) is 0 Å². The number of ether oxygens (including phenoxy) is 1. The number of benzene rings is 2. The number of likely N-dealkylation sites (N-methyl/N-ethyl adjacent to an activating group) is 1. The van der Waals surface area contributed by atoms with E-state index in [-0.39, 0.29) is 11.8 Å². The normalized spacial score (nSPS) is 14.2. The van der Waals surface area contributed by atoms with Crippen LogP contribution in [-0.2, 0) is 14.3 Å². The molecule has 5 nitrogen and oxygen atoms in total. The van der Waals surface area contributed by atoms with E-state index in [0.29, 0.717) is 37.4 Å². The summed E-state index contributed by atoms with van der Waals surface area (Å²) in [5, 5.41) is 0. The van der Waals surface area contributed by atoms with Crippen molar-refractivity contribution in [3.05, 3.63) is 71.4 Å². The second-order valence-corrected chi connectivity index (χ2v) is 6.80. The second-order valence-electron chi connectivity index (χ2n) is 6.80. The highest BCUT2D eigenvalue weighted by Gasteiger charge is 2.40. The Bertz CT molecular complexity index is 872. The molecule has 0 saturated heterocycles. The molecule has 5 heteroatoms. The maximum Gasteiger partial charge on any atom is 0.278 e. The summed E-state index contributed by atoms with van der Waals surface area (Å²) in [6, 6.07) is 17.3. The number of rotatable bonds is 8. The molecule has 1 aliphatic heterocycles. The monoisotopic (exact) mass is 378 g/mol. The number of para-hydroxylation sites is 1. The van der Waals surface area contributed by atoms with Crippen molar-refractivity contribution < 1.29 is 14.3 Å². The highest BCUT2D eigenvalue weighted by Crippen LogP contribution is 2.33. The predicted molar refractivity (Wildman–Crippen MR) is 111 cm³/mol. The van der Waals surface area contributed by atoms with Crippen molar-refractivity contribution in [3.63, 3.8) is 0 Å². The molecule has 0 spiro atoms. The Hall–Kier alpha value is -2.92. The van der Waals surface area contributed by atoms with Crippen LogP contribution >= 0.6 is 0 Å². The van der Waals surface area contributed by atoms with Gasteiger partial charge in [-0.3, -0.25) is 14.5 Å². The number of amides is 2. The number of carbonyl (C=O) groups excluding carboxylic acids is 2. The Morgan fingerprint density at radius 2 is 1.64 bits per heavy atom. The number of imide groups is 1. The van der Waals surface area contributed by atoms with Crippen LogP contribution in [0.25, 0.3) is 5.57 Å². The first kappa shape index (κ1) is 19.8. The number of hydrogen-bond acceptors (Lipinski definition) is 4. The van der Waals surface area contributed by atoms with Crippen LogP contribution in [-0.4, -0.2) is 43.5 Å². The minimum atomic E-state index is -0.261. The lowest BCUT2D eigenvalue weighted by Crippen LogP contribution is -2.35. The summed E-state index contributed by atoms with van der Waals surface area (Å²) in [7, 11) is 1.83. The van der Waals surface area contributed by atoms with Crippen molar-refractivity contribution in [2.45, 2.75) is 20.3 Å². The number of hydrogen-bond donors (Lipinski definition) is 0. The zero-order chi connectivity index (χ0) is 20.1. The van der Waals surface area contributed by atoms with Crippen molar-refractivity contribution >= 4 is 23.1 Å². The molecule has 0 saturated carbocycles. The maximum atomic E-state index is 13.2. The topological polar surface area (TPSA) is 49.9 Å². The van der Waals surface area contributed by atoms with Crippen molar-refractivity contribution in [3.8, 4) is 0 Å². The van der Waals surface area contributed by atoms with Gasteiger partial charge in [-0.1, -0.05) is 48.0 Å². The fraction of sp³-hybridized carbons (Fsp3) is 0.304. The summed E-state index contributed by atoms with van der Waals surface area (Å²) in [4.78, 5) is 29.5. The van der Waals surface area contributed by atoms with Gasteiger partial charge in [0.05, 0.1) is 5.57 Å². The Morgan fingerprint density at radius 3 is 2.29 bits per heavy atom. The van der Waals surface area contributed by atoms with Gasteiger partial charge in [0.1, 0.15) is 5.70 Å². The quantitative estimate of drug-likeness (QED) is 0.520. The van der Waals surface area contributed by atoms with E-state index in [4.69, 9.17) is 4.74 Å². The standard InChI is InChI=1S/C23H26N2O3/c1-4-28-16-8-15-25-22(26)20(18-13-11-17(2)12-14-18)21(23(25)27)24(3)19-9-6-5-7-10-19/h5-7,9-14H,4,8,15-16H2,1-3H3. The molecule has 0 bridgehead atoms. The molecule has 28 heavy (non-hydrogen) atoms. The fourth-order valence-electron chi connectivity index (χ4n) is 3.31. The fourth-order valence-corrected chi connectivity index (χ4v) is 3.31. The lowest BCUT2D eigenvalue weighted by Gasteiger charge is -2.21. The third-order valence-corrected chi connectivity index (χ3v) is 4.84. The van der Waals surface area contributed by atoms with E-state index in [1.165, 1.54) is 4.90 Å². The molecule has 0 atom stereocenters. The lowest BCUT2D eigenvalue weighted by molar-refractivity contribution is -0.137. The SMILES string of the molecule is CCOCCCN1C(=O)C(c2ccc(C)cc2)=C(N(C)c2ccccc2)C1=O. The van der Waals surface area contributed by atoms with E-state index in [0.717, 1.165) is 16.8 Å². The summed E-state index contributed by atoms with van der Waals surface area (Å²) in [5.74, 6) is -0.508. The third-order valence-electron chi connectivity index (χ3n) is 4.84. The molecule has 1 heterocycles. The number of carbonyl (C=O) groups is 2. The van der Waals surface area contributed by atoms with Gasteiger partial charge in [0.25, 0.3) is 11.8 Å². The lowest BCUT2D eigenvalue weighted by atomic mass is 10.0. The summed E-state index contributed by atoms with van der Waals surface area (Å²) >= 11 is 0. The van der Waals surface area contributed by atoms with Gasteiger partial charge in [-0.25, -0.2) is 0 Å². The van der Waals surface area contributed by atoms with Crippen LogP contribution in [0.4, 0.5) is 5.69 Å². The third kappa shape index (κ3) is 3.99. The minimum Gasteiger partial charge on any atom is -0.382 e. The zero-order valence-electron chi connectivity index (χ0n) is 16.6. The molecule has 0 unspecified atom stereocenters. The largest absolute Gasteiger partial charge is 0.382 e. The van der Waals surface area contributed by atoms with E-state index in [2.05, 4.69) is 0 Å². The molecule has 0 aliphatic carbocycles. The average molecular weight is 378 g/mol. The van der Waals surface area contributed by atoms with Crippen LogP contribution in [0.5, 0.6) is 0 Å². The summed E-state index contributed by atoms with van der Waals surface area (Å²) in [5.41, 5.74) is 3.59. The van der Waals surface area contributed by atoms with Crippen molar-refractivity contribution in [2.75, 3.05) is 31.7 Å². The van der Waals surface area contributed by atoms with Crippen molar-refractivity contribution in [1.82, 2.24) is 4.90 Å². The highest BCUT2D eigenvalue weighted by atomic mass is 16.5. The van der Waals surface area contributed by atoms with Crippen LogP contribution in [0.1, 0.15) is 24.5 Å². The smallest absolute Gasteiger partial charge is 0.278 e. The Labute approximate surface area is 166 Å². The van der Waals surface area contributed by atoms with Crippen LogP contribution < -0.4 is 4.90 Å². The molecule has 0 fully saturated rings. The van der Waals surface area contributed by atoms with E-state index in [1.54, 1.807) is 4.90 Å². The number of anilines is 1. The Kier molecular flexibility index (Phi) is 6.26. The van der Waals surface area contributed by atoms with Gasteiger partial charge in [-0.2, -0.15) is 0 Å². The minimum absolute atomic E-state index is 0.247. The Balaban J connectivity index is 1.99. The van der Waals surface area contributed by atoms with Crippen LogP contribution in [0.2, 0.25) is 0 Å². The van der Waals surface area contributed by atoms with E-state index >= 15 is 0 Å². The molecular formula is C23H26N2O3. The van der Waals surface area contributed by atoms with E-state index in [1.807, 2.05) is 75.5 Å². The summed E-state index contributed by atoms with van der Waals surface area (Å²) < 4.78 is 5.36. The molecule has 1 aliphatic rings. The number of nitrogens with zero attached hydrogens (tertiary/aromatic N) is 2. The molecule has 0 aromatic heterocycles. The van der Waals surface area contributed by atoms with Gasteiger partial charge in [0.2, 0.25) is 0 Å². The second kappa shape index (κ2) is 8.85. The molecule has 0 radical (unpaired) electrons. The molecule has 146 valence electrons. The Morgan fingerprint density at radius 1 is 0.964 bits per heavy atom. The summed E-state index contributed by atoms with van der Waals surface area (Å²) in [6.45, 7) is 5.42. The van der Waals surface area contributed by atoms with Crippen molar-refractivity contribution in [1.29, 1.82) is 0 Å². The van der Waals surface area contributed by atoms with Crippen molar-refractivity contribution in [2.24, 2.45) is 0 Å². The van der Waals surface area contributed by atoms with E-state index < -0.39 is 0 Å². The highest BCUT2D eigenvalue weighted by molar-refractivity contribution is 6.36. The zero-order valence-corrected chi connectivity index (χ0v) is 16.6. The van der Waals surface area contributed by atoms with Gasteiger partial charge in [-0.15, -0.1) is 0 Å². The first-order valence-electron chi connectivity index (χ1n) is 9.58. The molecular weight excluding hydrogens is 352 g/mol. The first-order valence-corrected chi connectivity index (χ1v) is 9.58. The molecule has 2 aromatic carbocycles. The van der Waals surface area contributed by atoms with Crippen LogP contribution in [0.15, 0.2) is 60.3 Å². The van der Waals surface area contributed by atoms with Gasteiger partial charge in [0, 0.05) is 32.5 Å². The van der Waals surface area contributed by atoms with Gasteiger partial charge < -0.3 is 9.64 Å². The number of aryl methyl sites for hydroxylation is 1. The van der Waals surface area contributed by atoms with Crippen LogP contribution in [0, 0.1) is 6.92 Å². The molecule has 0 N–H and O–H groups in total. The average Bonchev–Trinajstić information content (AvgIpc) is 2.96. The van der Waals surface area contributed by atoms with Gasteiger partial charge >= 0.3 is 0 Å². The molecule has 3 rings (SSSR count). The maximum absolute atomic E-state index is 13.2. The van der Waals surface area contributed by atoms with E-state index in [9.17, 15) is 9.59 Å². The molecule has 2 amide bonds. The predicted octanol–water partition coefficient (Wildman–Crippen LogP) is 3.64. The molecule has 2 aromatic rings. The van der Waals surface area contributed by atoms with Crippen LogP contribution in [0.3, 0.4) is 0 Å². The summed E-state index contributed by atoms with van der Waals surface area (Å²) in [6.07, 6.45) is 0.620. The first-order chi connectivity index (χ1) is 13.5. The van der Waals surface area contributed by atoms with Gasteiger partial charge in [-0.05, 0) is 38.0 Å².